The van der Waals surface area contributed by atoms with E-state index in [1.54, 1.807) is 6.33 Å². The number of hydrogen-bond acceptors (Lipinski definition) is 7. The van der Waals surface area contributed by atoms with Crippen LogP contribution in [0.15, 0.2) is 95.7 Å². The Kier molecular flexibility index (Phi) is 10.1. The number of anilines is 4. The van der Waals surface area contributed by atoms with Gasteiger partial charge in [0.25, 0.3) is 0 Å². The van der Waals surface area contributed by atoms with Crippen LogP contribution in [-0.2, 0) is 0 Å². The molecular weight excluding hydrogens is 554 g/mol. The zero-order valence-corrected chi connectivity index (χ0v) is 24.0. The standard InChI is InChI=1S/C31H34BrN5O2/c1-23-11-16-29(28(32)18-23)37(17-7-10-24-8-5-4-6-9-24)31-19-30(33-22-34-31)35-25-12-14-27(15-13-25)39-21-26(38)20-36(2)3/h4-16,18-19,22,26,38H,17,20-21H2,1-3H3,(H,33,34,35). The van der Waals surface area contributed by atoms with E-state index in [4.69, 9.17) is 4.74 Å². The number of hydrogen-bond donors (Lipinski definition) is 2. The third-order valence-electron chi connectivity index (χ3n) is 5.87. The van der Waals surface area contributed by atoms with Crippen LogP contribution < -0.4 is 15.0 Å². The first-order chi connectivity index (χ1) is 18.9. The minimum Gasteiger partial charge on any atom is -0.491 e. The summed E-state index contributed by atoms with van der Waals surface area (Å²) in [6.45, 7) is 3.49. The van der Waals surface area contributed by atoms with Gasteiger partial charge in [-0.1, -0.05) is 48.6 Å². The van der Waals surface area contributed by atoms with Crippen molar-refractivity contribution < 1.29 is 9.84 Å². The summed E-state index contributed by atoms with van der Waals surface area (Å²) in [5.41, 5.74) is 4.20. The highest BCUT2D eigenvalue weighted by Gasteiger charge is 2.14. The fraction of sp³-hybridized carbons (Fsp3) is 0.226. The molecule has 2 N–H and O–H groups in total. The second-order valence-electron chi connectivity index (χ2n) is 9.52. The summed E-state index contributed by atoms with van der Waals surface area (Å²) in [5.74, 6) is 2.14. The summed E-state index contributed by atoms with van der Waals surface area (Å²) in [6.07, 6.45) is 5.26. The van der Waals surface area contributed by atoms with Gasteiger partial charge in [0.1, 0.15) is 36.4 Å². The molecule has 1 aromatic heterocycles. The number of aliphatic hydroxyl groups excluding tert-OH is 1. The van der Waals surface area contributed by atoms with Crippen molar-refractivity contribution in [3.05, 3.63) is 107 Å². The third-order valence-corrected chi connectivity index (χ3v) is 6.50. The first-order valence-electron chi connectivity index (χ1n) is 12.8. The molecule has 3 aromatic carbocycles. The second-order valence-corrected chi connectivity index (χ2v) is 10.4. The summed E-state index contributed by atoms with van der Waals surface area (Å²) in [7, 11) is 3.84. The van der Waals surface area contributed by atoms with Crippen LogP contribution in [0.1, 0.15) is 11.1 Å². The van der Waals surface area contributed by atoms with E-state index < -0.39 is 6.10 Å². The van der Waals surface area contributed by atoms with Crippen molar-refractivity contribution in [3.63, 3.8) is 0 Å². The number of aryl methyl sites for hydroxylation is 1. The van der Waals surface area contributed by atoms with E-state index in [2.05, 4.69) is 85.5 Å². The molecule has 0 amide bonds. The average Bonchev–Trinajstić information content (AvgIpc) is 2.92. The lowest BCUT2D eigenvalue weighted by atomic mass is 10.2. The highest BCUT2D eigenvalue weighted by molar-refractivity contribution is 9.10. The SMILES string of the molecule is Cc1ccc(N(CC=Cc2ccccc2)c2cc(Nc3ccc(OCC(O)CN(C)C)cc3)ncn2)c(Br)c1. The summed E-state index contributed by atoms with van der Waals surface area (Å²) in [6, 6.07) is 26.1. The van der Waals surface area contributed by atoms with Crippen molar-refractivity contribution in [2.75, 3.05) is 44.0 Å². The number of rotatable bonds is 12. The first kappa shape index (κ1) is 28.3. The smallest absolute Gasteiger partial charge is 0.138 e. The van der Waals surface area contributed by atoms with E-state index in [0.717, 1.165) is 27.2 Å². The quantitative estimate of drug-likeness (QED) is 0.197. The first-order valence-corrected chi connectivity index (χ1v) is 13.6. The van der Waals surface area contributed by atoms with Gasteiger partial charge in [0.15, 0.2) is 0 Å². The fourth-order valence-corrected chi connectivity index (χ4v) is 4.72. The van der Waals surface area contributed by atoms with Crippen LogP contribution >= 0.6 is 15.9 Å². The van der Waals surface area contributed by atoms with Gasteiger partial charge < -0.3 is 25.0 Å². The lowest BCUT2D eigenvalue weighted by Crippen LogP contribution is -2.30. The monoisotopic (exact) mass is 587 g/mol. The molecule has 0 bridgehead atoms. The fourth-order valence-electron chi connectivity index (χ4n) is 4.02. The molecule has 0 aliphatic heterocycles. The molecule has 0 fully saturated rings. The lowest BCUT2D eigenvalue weighted by molar-refractivity contribution is 0.0831. The summed E-state index contributed by atoms with van der Waals surface area (Å²) in [4.78, 5) is 13.1. The van der Waals surface area contributed by atoms with Gasteiger partial charge in [-0.15, -0.1) is 0 Å². The predicted molar refractivity (Wildman–Crippen MR) is 163 cm³/mol. The Labute approximate surface area is 238 Å². The van der Waals surface area contributed by atoms with Crippen molar-refractivity contribution >= 4 is 45.0 Å². The van der Waals surface area contributed by atoms with E-state index in [-0.39, 0.29) is 6.61 Å². The molecule has 0 radical (unpaired) electrons. The van der Waals surface area contributed by atoms with Crippen LogP contribution in [0.3, 0.4) is 0 Å². The summed E-state index contributed by atoms with van der Waals surface area (Å²) >= 11 is 3.74. The van der Waals surface area contributed by atoms with Gasteiger partial charge >= 0.3 is 0 Å². The molecule has 1 heterocycles. The second kappa shape index (κ2) is 13.9. The van der Waals surface area contributed by atoms with E-state index in [0.29, 0.717) is 24.7 Å². The topological polar surface area (TPSA) is 73.8 Å². The third kappa shape index (κ3) is 8.64. The largest absolute Gasteiger partial charge is 0.491 e. The van der Waals surface area contributed by atoms with Crippen LogP contribution in [0.25, 0.3) is 6.08 Å². The van der Waals surface area contributed by atoms with Crippen molar-refractivity contribution in [3.8, 4) is 5.75 Å². The van der Waals surface area contributed by atoms with E-state index in [9.17, 15) is 5.11 Å². The number of nitrogens with one attached hydrogen (secondary N) is 1. The minimum atomic E-state index is -0.545. The van der Waals surface area contributed by atoms with Gasteiger partial charge in [0.05, 0.1) is 5.69 Å². The van der Waals surface area contributed by atoms with Gasteiger partial charge in [-0.2, -0.15) is 0 Å². The molecule has 39 heavy (non-hydrogen) atoms. The molecule has 0 aliphatic rings. The number of ether oxygens (including phenoxy) is 1. The van der Waals surface area contributed by atoms with Crippen LogP contribution in [0.4, 0.5) is 23.0 Å². The number of benzene rings is 3. The molecule has 4 rings (SSSR count). The van der Waals surface area contributed by atoms with Crippen LogP contribution in [-0.4, -0.2) is 59.9 Å². The van der Waals surface area contributed by atoms with Crippen LogP contribution in [0.2, 0.25) is 0 Å². The minimum absolute atomic E-state index is 0.239. The number of nitrogens with zero attached hydrogens (tertiary/aromatic N) is 4. The van der Waals surface area contributed by atoms with Crippen LogP contribution in [0, 0.1) is 6.92 Å². The summed E-state index contributed by atoms with van der Waals surface area (Å²) in [5, 5.41) is 13.4. The molecule has 4 aromatic rings. The average molecular weight is 589 g/mol. The molecule has 0 spiro atoms. The maximum absolute atomic E-state index is 10.0. The Morgan fingerprint density at radius 3 is 2.49 bits per heavy atom. The van der Waals surface area contributed by atoms with Gasteiger partial charge in [-0.25, -0.2) is 9.97 Å². The zero-order valence-electron chi connectivity index (χ0n) is 22.5. The molecular formula is C31H34BrN5O2. The van der Waals surface area contributed by atoms with Crippen molar-refractivity contribution in [1.29, 1.82) is 0 Å². The Bertz CT molecular complexity index is 1360. The van der Waals surface area contributed by atoms with E-state index >= 15 is 0 Å². The number of halogens is 1. The Balaban J connectivity index is 1.49. The Hall–Kier alpha value is -3.72. The maximum Gasteiger partial charge on any atom is 0.138 e. The molecule has 0 saturated carbocycles. The maximum atomic E-state index is 10.0. The molecule has 7 nitrogen and oxygen atoms in total. The zero-order chi connectivity index (χ0) is 27.6. The molecule has 0 saturated heterocycles. The van der Waals surface area contributed by atoms with Gasteiger partial charge in [-0.05, 0) is 84.5 Å². The van der Waals surface area contributed by atoms with Crippen molar-refractivity contribution in [2.24, 2.45) is 0 Å². The van der Waals surface area contributed by atoms with Crippen LogP contribution in [0.5, 0.6) is 5.75 Å². The normalized spacial score (nSPS) is 12.1. The van der Waals surface area contributed by atoms with E-state index in [1.807, 2.05) is 67.5 Å². The highest BCUT2D eigenvalue weighted by atomic mass is 79.9. The molecule has 1 unspecified atom stereocenters. The van der Waals surface area contributed by atoms with E-state index in [1.165, 1.54) is 5.56 Å². The lowest BCUT2D eigenvalue weighted by Gasteiger charge is -2.24. The number of aliphatic hydroxyl groups is 1. The van der Waals surface area contributed by atoms with Gasteiger partial charge in [0, 0.05) is 29.3 Å². The van der Waals surface area contributed by atoms with Gasteiger partial charge in [0.2, 0.25) is 0 Å². The Morgan fingerprint density at radius 2 is 1.77 bits per heavy atom. The van der Waals surface area contributed by atoms with Gasteiger partial charge in [-0.3, -0.25) is 0 Å². The highest BCUT2D eigenvalue weighted by Crippen LogP contribution is 2.33. The molecule has 0 aliphatic carbocycles. The number of likely N-dealkylation sites (N-methyl/N-ethyl adjacent to an activating group) is 1. The van der Waals surface area contributed by atoms with Crippen molar-refractivity contribution in [1.82, 2.24) is 14.9 Å². The van der Waals surface area contributed by atoms with Crippen molar-refractivity contribution in [2.45, 2.75) is 13.0 Å². The number of aromatic nitrogens is 2. The molecule has 1 atom stereocenters. The molecule has 8 heteroatoms. The molecule has 202 valence electrons. The predicted octanol–water partition coefficient (Wildman–Crippen LogP) is 6.44. The Morgan fingerprint density at radius 1 is 1.00 bits per heavy atom. The summed E-state index contributed by atoms with van der Waals surface area (Å²) < 4.78 is 6.71.